The van der Waals surface area contributed by atoms with Crippen LogP contribution in [-0.4, -0.2) is 93.7 Å². The standard InChI is InChI=1S/C38H45N7O8S2/c46-33-29-20-25(52-34-31(30-15-9-19-54-30)42-32-27(40-34)14-8-18-39-32)22-45(29)35(47)28(41-37(49)53-24-11-6-7-12-24)13-5-3-1-2-4-10-23-21-38(23,43-33)36(48)44-55(50,51)26-16-17-26/h4,8-10,14-15,18-19,23-26,28-29H,1-3,5-7,11-13,16-17,20-22H2,(H,41,49)(H,43,46)(H,44,48)/b10-4-/t23-,25-,28+,29+,38-/m1/s1. The molecule has 5 aliphatic rings. The average molecular weight is 792 g/mol. The van der Waals surface area contributed by atoms with Gasteiger partial charge >= 0.3 is 6.09 Å². The number of fused-ring (bicyclic) bond motifs is 3. The van der Waals surface area contributed by atoms with Crippen molar-refractivity contribution >= 4 is 56.3 Å². The van der Waals surface area contributed by atoms with Crippen molar-refractivity contribution in [1.82, 2.24) is 35.2 Å². The Bertz CT molecular complexity index is 2090. The number of ether oxygens (including phenoxy) is 2. The number of hydrogen-bond donors (Lipinski definition) is 3. The Morgan fingerprint density at radius 3 is 2.58 bits per heavy atom. The van der Waals surface area contributed by atoms with Crippen LogP contribution in [-0.2, 0) is 29.1 Å². The Morgan fingerprint density at radius 2 is 1.80 bits per heavy atom. The van der Waals surface area contributed by atoms with Crippen molar-refractivity contribution in [3.05, 3.63) is 48.0 Å². The summed E-state index contributed by atoms with van der Waals surface area (Å²) in [4.78, 5) is 72.0. The monoisotopic (exact) mass is 791 g/mol. The van der Waals surface area contributed by atoms with Crippen molar-refractivity contribution in [2.24, 2.45) is 5.92 Å². The Kier molecular flexibility index (Phi) is 10.5. The predicted octanol–water partition coefficient (Wildman–Crippen LogP) is 4.14. The van der Waals surface area contributed by atoms with E-state index >= 15 is 0 Å². The van der Waals surface area contributed by atoms with Crippen LogP contribution < -0.4 is 20.1 Å². The van der Waals surface area contributed by atoms with Crippen LogP contribution in [0.1, 0.15) is 83.5 Å². The largest absolute Gasteiger partial charge is 0.471 e. The van der Waals surface area contributed by atoms with E-state index in [0.717, 1.165) is 43.4 Å². The van der Waals surface area contributed by atoms with E-state index in [4.69, 9.17) is 19.4 Å². The number of carbonyl (C=O) groups is 4. The lowest BCUT2D eigenvalue weighted by atomic mass is 10.0. The first-order valence-corrected chi connectivity index (χ1v) is 21.7. The fourth-order valence-corrected chi connectivity index (χ4v) is 9.94. The summed E-state index contributed by atoms with van der Waals surface area (Å²) in [6.45, 7) is -0.0258. The zero-order valence-electron chi connectivity index (χ0n) is 30.4. The molecule has 15 nitrogen and oxygen atoms in total. The van der Waals surface area contributed by atoms with E-state index < -0.39 is 68.7 Å². The number of nitrogens with zero attached hydrogens (tertiary/aromatic N) is 4. The van der Waals surface area contributed by atoms with Crippen LogP contribution in [0.3, 0.4) is 0 Å². The Morgan fingerprint density at radius 1 is 0.982 bits per heavy atom. The van der Waals surface area contributed by atoms with E-state index in [1.54, 1.807) is 18.3 Å². The Hall–Kier alpha value is -4.64. The van der Waals surface area contributed by atoms with Crippen LogP contribution in [0, 0.1) is 5.92 Å². The van der Waals surface area contributed by atoms with Crippen LogP contribution in [0.15, 0.2) is 48.0 Å². The molecule has 2 aliphatic heterocycles. The third kappa shape index (κ3) is 8.18. The van der Waals surface area contributed by atoms with Crippen molar-refractivity contribution in [2.75, 3.05) is 6.54 Å². The molecule has 292 valence electrons. The maximum absolute atomic E-state index is 14.6. The number of amides is 4. The molecule has 1 saturated heterocycles. The van der Waals surface area contributed by atoms with Crippen LogP contribution in [0.25, 0.3) is 21.7 Å². The molecule has 55 heavy (non-hydrogen) atoms. The molecule has 0 aromatic carbocycles. The normalized spacial score (nSPS) is 28.3. The van der Waals surface area contributed by atoms with E-state index in [1.807, 2.05) is 29.7 Å². The van der Waals surface area contributed by atoms with Gasteiger partial charge in [-0.3, -0.25) is 19.1 Å². The molecule has 4 fully saturated rings. The molecule has 3 aromatic rings. The molecule has 17 heteroatoms. The second-order valence-electron chi connectivity index (χ2n) is 15.2. The first-order valence-electron chi connectivity index (χ1n) is 19.3. The van der Waals surface area contributed by atoms with E-state index in [-0.39, 0.29) is 31.4 Å². The van der Waals surface area contributed by atoms with Gasteiger partial charge in [0.2, 0.25) is 27.7 Å². The highest BCUT2D eigenvalue weighted by Crippen LogP contribution is 2.46. The smallest absolute Gasteiger partial charge is 0.408 e. The molecule has 4 amide bonds. The van der Waals surface area contributed by atoms with Crippen molar-refractivity contribution in [3.63, 3.8) is 0 Å². The fraction of sp³-hybridized carbons (Fsp3) is 0.553. The summed E-state index contributed by atoms with van der Waals surface area (Å²) >= 11 is 1.45. The number of aromatic nitrogens is 3. The van der Waals surface area contributed by atoms with E-state index in [9.17, 15) is 27.6 Å². The lowest BCUT2D eigenvalue weighted by molar-refractivity contribution is -0.141. The molecule has 0 unspecified atom stereocenters. The highest BCUT2D eigenvalue weighted by Gasteiger charge is 2.62. The second kappa shape index (κ2) is 15.5. The number of alkyl carbamates (subject to hydrolysis) is 1. The molecule has 3 N–H and O–H groups in total. The van der Waals surface area contributed by atoms with Gasteiger partial charge in [-0.2, -0.15) is 0 Å². The van der Waals surface area contributed by atoms with Crippen molar-refractivity contribution in [3.8, 4) is 16.5 Å². The third-order valence-electron chi connectivity index (χ3n) is 11.2. The van der Waals surface area contributed by atoms with Gasteiger partial charge in [0.15, 0.2) is 5.65 Å². The van der Waals surface area contributed by atoms with E-state index in [0.29, 0.717) is 49.0 Å². The maximum atomic E-state index is 14.6. The summed E-state index contributed by atoms with van der Waals surface area (Å²) in [6.07, 6.45) is 11.8. The summed E-state index contributed by atoms with van der Waals surface area (Å²) in [5, 5.41) is 6.99. The van der Waals surface area contributed by atoms with E-state index in [1.165, 1.54) is 16.2 Å². The first-order chi connectivity index (χ1) is 26.6. The quantitative estimate of drug-likeness (QED) is 0.277. The van der Waals surface area contributed by atoms with Crippen LogP contribution in [0.2, 0.25) is 0 Å². The van der Waals surface area contributed by atoms with Crippen molar-refractivity contribution in [1.29, 1.82) is 0 Å². The van der Waals surface area contributed by atoms with Gasteiger partial charge in [0.1, 0.15) is 41.0 Å². The molecule has 8 rings (SSSR count). The minimum absolute atomic E-state index is 0.0258. The summed E-state index contributed by atoms with van der Waals surface area (Å²) in [5.41, 5.74) is -0.0947. The van der Waals surface area contributed by atoms with Crippen molar-refractivity contribution in [2.45, 2.75) is 119 Å². The number of allylic oxidation sites excluding steroid dienone is 1. The zero-order valence-corrected chi connectivity index (χ0v) is 32.0. The number of sulfonamides is 1. The van der Waals surface area contributed by atoms with Crippen molar-refractivity contribution < 1.29 is 37.1 Å². The molecular formula is C38H45N7O8S2. The highest BCUT2D eigenvalue weighted by molar-refractivity contribution is 7.91. The van der Waals surface area contributed by atoms with Crippen LogP contribution in [0.4, 0.5) is 4.79 Å². The third-order valence-corrected chi connectivity index (χ3v) is 13.8. The van der Waals surface area contributed by atoms with Gasteiger partial charge in [0.05, 0.1) is 16.7 Å². The lowest BCUT2D eigenvalue weighted by Gasteiger charge is -2.30. The first kappa shape index (κ1) is 37.3. The molecule has 3 aromatic heterocycles. The number of pyridine rings is 1. The topological polar surface area (TPSA) is 199 Å². The summed E-state index contributed by atoms with van der Waals surface area (Å²) in [5.74, 6) is -2.10. The van der Waals surface area contributed by atoms with Gasteiger partial charge in [-0.05, 0) is 87.8 Å². The summed E-state index contributed by atoms with van der Waals surface area (Å²) in [7, 11) is -3.89. The molecule has 5 heterocycles. The van der Waals surface area contributed by atoms with Crippen LogP contribution >= 0.6 is 11.3 Å². The maximum Gasteiger partial charge on any atom is 0.408 e. The Labute approximate surface area is 323 Å². The molecule has 0 radical (unpaired) electrons. The molecule has 0 spiro atoms. The second-order valence-corrected chi connectivity index (χ2v) is 18.1. The minimum Gasteiger partial charge on any atom is -0.471 e. The SMILES string of the molecule is O=C(N[C@H]1CCCCC/C=C\[C@@H]2C[C@@]2(C(=O)NS(=O)(=O)C2CC2)NC(=O)[C@@H]2C[C@@H](Oc3nc4cccnc4nc3-c3cccs3)CN2C1=O)OC1CCCC1. The molecule has 3 aliphatic carbocycles. The fourth-order valence-electron chi connectivity index (χ4n) is 7.87. The van der Waals surface area contributed by atoms with E-state index in [2.05, 4.69) is 20.3 Å². The van der Waals surface area contributed by atoms with Gasteiger partial charge in [0, 0.05) is 18.5 Å². The Balaban J connectivity index is 1.10. The number of nitrogens with one attached hydrogen (secondary N) is 3. The van der Waals surface area contributed by atoms with Gasteiger partial charge in [0.25, 0.3) is 5.91 Å². The molecular weight excluding hydrogens is 747 g/mol. The van der Waals surface area contributed by atoms with Gasteiger partial charge in [-0.1, -0.05) is 31.1 Å². The van der Waals surface area contributed by atoms with Crippen LogP contribution in [0.5, 0.6) is 5.88 Å². The van der Waals surface area contributed by atoms with Gasteiger partial charge in [-0.25, -0.2) is 28.2 Å². The molecule has 3 saturated carbocycles. The predicted molar refractivity (Wildman–Crippen MR) is 202 cm³/mol. The number of carbonyl (C=O) groups excluding carboxylic acids is 4. The molecule has 5 atom stereocenters. The highest BCUT2D eigenvalue weighted by atomic mass is 32.2. The number of thiophene rings is 1. The van der Waals surface area contributed by atoms with Gasteiger partial charge < -0.3 is 25.0 Å². The zero-order chi connectivity index (χ0) is 38.2. The average Bonchev–Trinajstić information content (AvgIpc) is 3.90. The van der Waals surface area contributed by atoms with Gasteiger partial charge in [-0.15, -0.1) is 11.3 Å². The number of hydrogen-bond acceptors (Lipinski definition) is 12. The summed E-state index contributed by atoms with van der Waals surface area (Å²) in [6, 6.07) is 5.19. The minimum atomic E-state index is -3.89. The lowest BCUT2D eigenvalue weighted by Crippen LogP contribution is -2.58. The number of rotatable bonds is 8. The molecule has 0 bridgehead atoms. The summed E-state index contributed by atoms with van der Waals surface area (Å²) < 4.78 is 40.2.